The van der Waals surface area contributed by atoms with Crippen molar-refractivity contribution < 1.29 is 4.79 Å². The molecule has 0 aromatic heterocycles. The summed E-state index contributed by atoms with van der Waals surface area (Å²) in [5.41, 5.74) is 0.644. The Balaban J connectivity index is 4.08. The molecule has 0 atom stereocenters. The van der Waals surface area contributed by atoms with Gasteiger partial charge in [0.15, 0.2) is 0 Å². The molecule has 0 aromatic carbocycles. The number of hydrogen-bond donors (Lipinski definition) is 0. The van der Waals surface area contributed by atoms with Gasteiger partial charge in [-0.2, -0.15) is 0 Å². The molecule has 0 aliphatic heterocycles. The Morgan fingerprint density at radius 1 is 0.455 bits per heavy atom. The van der Waals surface area contributed by atoms with E-state index >= 15 is 0 Å². The first-order valence-corrected chi connectivity index (χ1v) is 20.0. The molecule has 0 aliphatic rings. The number of unbranched alkanes of at least 4 members (excludes halogenated alkanes) is 17. The van der Waals surface area contributed by atoms with Gasteiger partial charge in [-0.3, -0.25) is 0 Å². The van der Waals surface area contributed by atoms with Gasteiger partial charge in [-0.25, -0.2) is 0 Å². The Labute approximate surface area is 218 Å². The quantitative estimate of drug-likeness (QED) is 0.0774. The molecule has 0 amide bonds. The first-order chi connectivity index (χ1) is 16.0. The van der Waals surface area contributed by atoms with Gasteiger partial charge in [0, 0.05) is 0 Å². The third kappa shape index (κ3) is 16.0. The zero-order valence-electron chi connectivity index (χ0n) is 23.4. The van der Waals surface area contributed by atoms with Gasteiger partial charge in [0.2, 0.25) is 0 Å². The molecule has 3 heteroatoms. The normalized spacial score (nSPS) is 13.2. The maximum atomic E-state index is 13.6. The molecule has 0 aliphatic carbocycles. The average molecular weight is 550 g/mol. The van der Waals surface area contributed by atoms with E-state index in [1.54, 1.807) is 0 Å². The van der Waals surface area contributed by atoms with Crippen LogP contribution in [0.3, 0.4) is 0 Å². The zero-order valence-corrected chi connectivity index (χ0v) is 25.9. The predicted octanol–water partition coefficient (Wildman–Crippen LogP) is 12.0. The van der Waals surface area contributed by atoms with Crippen LogP contribution in [0, 0.1) is 0 Å². The summed E-state index contributed by atoms with van der Waals surface area (Å²) in [6, 6.07) is 0. The van der Waals surface area contributed by atoms with Gasteiger partial charge in [0.25, 0.3) is 0 Å². The third-order valence-corrected chi connectivity index (χ3v) is 17.6. The van der Waals surface area contributed by atoms with Gasteiger partial charge in [0.05, 0.1) is 0 Å². The van der Waals surface area contributed by atoms with Crippen molar-refractivity contribution in [2.45, 2.75) is 169 Å². The van der Waals surface area contributed by atoms with Gasteiger partial charge >= 0.3 is 180 Å². The summed E-state index contributed by atoms with van der Waals surface area (Å²) < 4.78 is 0. The van der Waals surface area contributed by atoms with E-state index in [9.17, 15) is 4.79 Å². The van der Waals surface area contributed by atoms with Crippen molar-refractivity contribution in [2.75, 3.05) is 18.5 Å². The van der Waals surface area contributed by atoms with E-state index in [0.717, 1.165) is 31.3 Å². The number of rotatable bonds is 26. The van der Waals surface area contributed by atoms with Crippen molar-refractivity contribution in [3.05, 3.63) is 0 Å². The molecule has 0 radical (unpaired) electrons. The summed E-state index contributed by atoms with van der Waals surface area (Å²) in [5.74, 6) is 0. The SMILES string of the molecule is CCCCCCCCCCCCCCCCCC(=O)P(Br)(CCCC)(CCCC)CCCC. The van der Waals surface area contributed by atoms with E-state index in [1.807, 2.05) is 0 Å². The first kappa shape index (κ1) is 33.6. The fourth-order valence-corrected chi connectivity index (χ4v) is 13.2. The van der Waals surface area contributed by atoms with Crippen LogP contribution in [0.25, 0.3) is 0 Å². The van der Waals surface area contributed by atoms with Crippen molar-refractivity contribution in [1.29, 1.82) is 0 Å². The molecule has 0 saturated heterocycles. The molecular weight excluding hydrogens is 487 g/mol. The molecule has 0 bridgehead atoms. The fourth-order valence-electron chi connectivity index (χ4n) is 5.20. The summed E-state index contributed by atoms with van der Waals surface area (Å²) in [4.78, 5) is 13.6. The topological polar surface area (TPSA) is 17.1 Å². The maximum absolute atomic E-state index is 13.6. The molecule has 0 fully saturated rings. The van der Waals surface area contributed by atoms with E-state index in [1.165, 1.54) is 128 Å². The summed E-state index contributed by atoms with van der Waals surface area (Å²) in [6.45, 7) is 9.11. The number of carbonyl (C=O) groups excluding carboxylic acids is 1. The molecule has 0 saturated carbocycles. The molecular formula is C30H62BrOP. The average Bonchev–Trinajstić information content (AvgIpc) is 2.82. The number of hydrogen-bond acceptors (Lipinski definition) is 1. The molecule has 33 heavy (non-hydrogen) atoms. The molecule has 0 unspecified atom stereocenters. The van der Waals surface area contributed by atoms with E-state index < -0.39 is 5.31 Å². The van der Waals surface area contributed by atoms with Crippen molar-refractivity contribution in [3.8, 4) is 0 Å². The van der Waals surface area contributed by atoms with Gasteiger partial charge < -0.3 is 0 Å². The molecule has 0 rings (SSSR count). The second-order valence-corrected chi connectivity index (χ2v) is 21.5. The van der Waals surface area contributed by atoms with Gasteiger partial charge in [0.1, 0.15) is 0 Å². The number of halogens is 1. The van der Waals surface area contributed by atoms with E-state index in [4.69, 9.17) is 0 Å². The molecule has 200 valence electrons. The van der Waals surface area contributed by atoms with Crippen LogP contribution in [0.4, 0.5) is 0 Å². The van der Waals surface area contributed by atoms with Crippen LogP contribution in [-0.4, -0.2) is 24.0 Å². The Morgan fingerprint density at radius 3 is 1.03 bits per heavy atom. The van der Waals surface area contributed by atoms with E-state index in [-0.39, 0.29) is 0 Å². The Hall–Kier alpha value is 0.580. The summed E-state index contributed by atoms with van der Waals surface area (Å²) in [5, 5.41) is -2.39. The van der Waals surface area contributed by atoms with Crippen LogP contribution in [0.5, 0.6) is 0 Å². The molecule has 1 nitrogen and oxygen atoms in total. The summed E-state index contributed by atoms with van der Waals surface area (Å²) in [6.07, 6.45) is 32.3. The summed E-state index contributed by atoms with van der Waals surface area (Å²) >= 11 is 4.29. The van der Waals surface area contributed by atoms with Crippen molar-refractivity contribution >= 4 is 26.3 Å². The van der Waals surface area contributed by atoms with Crippen LogP contribution in [0.1, 0.15) is 169 Å². The Morgan fingerprint density at radius 2 is 0.727 bits per heavy atom. The standard InChI is InChI=1S/C30H62BrOP/c1-5-9-13-14-15-16-17-18-19-20-21-22-23-24-25-26-30(32)33(31,27-10-6-2,28-11-7-3)29-12-8-4/h5-29H2,1-4H3. The van der Waals surface area contributed by atoms with Gasteiger partial charge in [-0.15, -0.1) is 0 Å². The Bertz CT molecular complexity index is 426. The van der Waals surface area contributed by atoms with Gasteiger partial charge in [-0.1, -0.05) is 39.0 Å². The van der Waals surface area contributed by atoms with Crippen LogP contribution >= 0.6 is 20.8 Å². The van der Waals surface area contributed by atoms with Crippen molar-refractivity contribution in [1.82, 2.24) is 0 Å². The second kappa shape index (κ2) is 21.8. The summed E-state index contributed by atoms with van der Waals surface area (Å²) in [7, 11) is 0. The van der Waals surface area contributed by atoms with Crippen LogP contribution in [0.15, 0.2) is 0 Å². The fraction of sp³-hybridized carbons (Fsp3) is 0.967. The number of carbonyl (C=O) groups is 1. The van der Waals surface area contributed by atoms with Crippen molar-refractivity contribution in [2.24, 2.45) is 0 Å². The monoisotopic (exact) mass is 548 g/mol. The van der Waals surface area contributed by atoms with Gasteiger partial charge in [-0.05, 0) is 0 Å². The molecule has 0 N–H and O–H groups in total. The minimum absolute atomic E-state index is 0.644. The first-order valence-electron chi connectivity index (χ1n) is 15.2. The van der Waals surface area contributed by atoms with Crippen LogP contribution in [-0.2, 0) is 4.79 Å². The van der Waals surface area contributed by atoms with Crippen molar-refractivity contribution in [3.63, 3.8) is 0 Å². The van der Waals surface area contributed by atoms with E-state index in [0.29, 0.717) is 5.52 Å². The minimum atomic E-state index is -2.39. The molecule has 0 spiro atoms. The van der Waals surface area contributed by atoms with Crippen LogP contribution < -0.4 is 0 Å². The third-order valence-electron chi connectivity index (χ3n) is 7.69. The van der Waals surface area contributed by atoms with Crippen LogP contribution in [0.2, 0.25) is 0 Å². The second-order valence-electron chi connectivity index (χ2n) is 10.9. The Kier molecular flexibility index (Phi) is 22.2. The predicted molar refractivity (Wildman–Crippen MR) is 160 cm³/mol. The zero-order chi connectivity index (χ0) is 24.7. The van der Waals surface area contributed by atoms with E-state index in [2.05, 4.69) is 43.2 Å². The molecule has 0 aromatic rings. The molecule has 0 heterocycles.